The summed E-state index contributed by atoms with van der Waals surface area (Å²) in [6.45, 7) is 3.13. The van der Waals surface area contributed by atoms with Gasteiger partial charge in [-0.15, -0.1) is 0 Å². The first-order valence-corrected chi connectivity index (χ1v) is 5.45. The fraction of sp³-hybridized carbons (Fsp3) is 0.667. The van der Waals surface area contributed by atoms with E-state index < -0.39 is 0 Å². The standard InChI is InChI=1S/C12H19NO/c1-10-2-4-12(6-10,9-13)7-11-3-5-14-8-11/h3,5,8,10H,2,4,6-7,9,13H2,1H3. The van der Waals surface area contributed by atoms with Crippen molar-refractivity contribution in [2.24, 2.45) is 17.1 Å². The maximum atomic E-state index is 5.92. The van der Waals surface area contributed by atoms with Gasteiger partial charge in [0.25, 0.3) is 0 Å². The van der Waals surface area contributed by atoms with Crippen LogP contribution in [0.15, 0.2) is 23.0 Å². The average molecular weight is 193 g/mol. The summed E-state index contributed by atoms with van der Waals surface area (Å²) in [5, 5.41) is 0. The van der Waals surface area contributed by atoms with Gasteiger partial charge < -0.3 is 10.2 Å². The van der Waals surface area contributed by atoms with Crippen LogP contribution in [0, 0.1) is 11.3 Å². The van der Waals surface area contributed by atoms with Gasteiger partial charge in [-0.1, -0.05) is 13.3 Å². The fourth-order valence-electron chi connectivity index (χ4n) is 2.74. The predicted molar refractivity (Wildman–Crippen MR) is 56.9 cm³/mol. The van der Waals surface area contributed by atoms with Gasteiger partial charge >= 0.3 is 0 Å². The zero-order valence-corrected chi connectivity index (χ0v) is 8.83. The SMILES string of the molecule is CC1CCC(CN)(Cc2ccoc2)C1. The summed E-state index contributed by atoms with van der Waals surface area (Å²) in [6.07, 6.45) is 8.56. The summed E-state index contributed by atoms with van der Waals surface area (Å²) in [7, 11) is 0. The van der Waals surface area contributed by atoms with Crippen LogP contribution >= 0.6 is 0 Å². The minimum atomic E-state index is 0.350. The van der Waals surface area contributed by atoms with Crippen LogP contribution in [-0.2, 0) is 6.42 Å². The first-order valence-electron chi connectivity index (χ1n) is 5.45. The highest BCUT2D eigenvalue weighted by Crippen LogP contribution is 2.43. The van der Waals surface area contributed by atoms with Gasteiger partial charge in [0.2, 0.25) is 0 Å². The normalized spacial score (nSPS) is 32.3. The van der Waals surface area contributed by atoms with Gasteiger partial charge in [0.05, 0.1) is 12.5 Å². The Kier molecular flexibility index (Phi) is 2.64. The number of furan rings is 1. The molecule has 0 amide bonds. The molecule has 2 unspecified atom stereocenters. The van der Waals surface area contributed by atoms with Gasteiger partial charge in [0, 0.05) is 0 Å². The summed E-state index contributed by atoms with van der Waals surface area (Å²) in [4.78, 5) is 0. The Hall–Kier alpha value is -0.760. The van der Waals surface area contributed by atoms with E-state index in [4.69, 9.17) is 10.2 Å². The van der Waals surface area contributed by atoms with Gasteiger partial charge in [0.1, 0.15) is 0 Å². The zero-order valence-electron chi connectivity index (χ0n) is 8.83. The molecule has 2 rings (SSSR count). The van der Waals surface area contributed by atoms with Gasteiger partial charge in [-0.05, 0) is 48.8 Å². The van der Waals surface area contributed by atoms with E-state index >= 15 is 0 Å². The van der Waals surface area contributed by atoms with E-state index in [0.29, 0.717) is 5.41 Å². The average Bonchev–Trinajstić information content (AvgIpc) is 2.77. The lowest BCUT2D eigenvalue weighted by Crippen LogP contribution is -2.30. The predicted octanol–water partition coefficient (Wildman–Crippen LogP) is 2.59. The lowest BCUT2D eigenvalue weighted by atomic mass is 9.80. The number of nitrogens with two attached hydrogens (primary N) is 1. The van der Waals surface area contributed by atoms with E-state index in [1.807, 2.05) is 6.26 Å². The van der Waals surface area contributed by atoms with Crippen molar-refractivity contribution in [2.75, 3.05) is 6.54 Å². The summed E-state index contributed by atoms with van der Waals surface area (Å²) >= 11 is 0. The molecule has 1 aromatic rings. The Balaban J connectivity index is 2.06. The molecule has 1 aliphatic rings. The first kappa shape index (κ1) is 9.78. The molecule has 0 radical (unpaired) electrons. The third-order valence-corrected chi connectivity index (χ3v) is 3.54. The van der Waals surface area contributed by atoms with Crippen molar-refractivity contribution in [1.29, 1.82) is 0 Å². The maximum Gasteiger partial charge on any atom is 0.0934 e. The van der Waals surface area contributed by atoms with E-state index in [0.717, 1.165) is 18.9 Å². The van der Waals surface area contributed by atoms with Crippen LogP contribution in [0.25, 0.3) is 0 Å². The van der Waals surface area contributed by atoms with E-state index in [-0.39, 0.29) is 0 Å². The maximum absolute atomic E-state index is 5.92. The zero-order chi connectivity index (χ0) is 10.0. The van der Waals surface area contributed by atoms with Crippen LogP contribution in [0.3, 0.4) is 0 Å². The Morgan fingerprint density at radius 1 is 1.64 bits per heavy atom. The highest BCUT2D eigenvalue weighted by Gasteiger charge is 2.36. The molecule has 1 saturated carbocycles. The van der Waals surface area contributed by atoms with Gasteiger partial charge in [0.15, 0.2) is 0 Å². The third-order valence-electron chi connectivity index (χ3n) is 3.54. The molecular formula is C12H19NO. The topological polar surface area (TPSA) is 39.2 Å². The molecule has 2 atom stereocenters. The Morgan fingerprint density at radius 2 is 2.50 bits per heavy atom. The van der Waals surface area contributed by atoms with E-state index in [1.165, 1.54) is 24.8 Å². The van der Waals surface area contributed by atoms with Crippen molar-refractivity contribution in [2.45, 2.75) is 32.6 Å². The van der Waals surface area contributed by atoms with Crippen LogP contribution in [-0.4, -0.2) is 6.54 Å². The molecule has 2 nitrogen and oxygen atoms in total. The van der Waals surface area contributed by atoms with Crippen molar-refractivity contribution in [1.82, 2.24) is 0 Å². The Bertz CT molecular complexity index is 281. The Morgan fingerprint density at radius 3 is 3.00 bits per heavy atom. The molecule has 0 aliphatic heterocycles. The number of hydrogen-bond donors (Lipinski definition) is 1. The van der Waals surface area contributed by atoms with Crippen molar-refractivity contribution in [3.8, 4) is 0 Å². The van der Waals surface area contributed by atoms with Crippen molar-refractivity contribution < 1.29 is 4.42 Å². The van der Waals surface area contributed by atoms with Crippen molar-refractivity contribution in [3.63, 3.8) is 0 Å². The number of rotatable bonds is 3. The van der Waals surface area contributed by atoms with E-state index in [9.17, 15) is 0 Å². The van der Waals surface area contributed by atoms with Gasteiger partial charge in [-0.3, -0.25) is 0 Å². The van der Waals surface area contributed by atoms with Crippen LogP contribution in [0.1, 0.15) is 31.7 Å². The van der Waals surface area contributed by atoms with Gasteiger partial charge in [-0.2, -0.15) is 0 Å². The van der Waals surface area contributed by atoms with Crippen molar-refractivity contribution >= 4 is 0 Å². The molecule has 0 saturated heterocycles. The second kappa shape index (κ2) is 3.77. The molecule has 2 heteroatoms. The van der Waals surface area contributed by atoms with Crippen molar-refractivity contribution in [3.05, 3.63) is 24.2 Å². The van der Waals surface area contributed by atoms with E-state index in [2.05, 4.69) is 13.0 Å². The number of hydrogen-bond acceptors (Lipinski definition) is 2. The molecule has 0 bridgehead atoms. The molecular weight excluding hydrogens is 174 g/mol. The second-order valence-corrected chi connectivity index (χ2v) is 4.86. The fourth-order valence-corrected chi connectivity index (χ4v) is 2.74. The van der Waals surface area contributed by atoms with Crippen LogP contribution in [0.5, 0.6) is 0 Å². The molecule has 1 aliphatic carbocycles. The second-order valence-electron chi connectivity index (χ2n) is 4.86. The van der Waals surface area contributed by atoms with Crippen LogP contribution < -0.4 is 5.73 Å². The molecule has 14 heavy (non-hydrogen) atoms. The lowest BCUT2D eigenvalue weighted by molar-refractivity contribution is 0.295. The molecule has 0 aromatic carbocycles. The molecule has 78 valence electrons. The lowest BCUT2D eigenvalue weighted by Gasteiger charge is -2.26. The van der Waals surface area contributed by atoms with Gasteiger partial charge in [-0.25, -0.2) is 0 Å². The summed E-state index contributed by atoms with van der Waals surface area (Å²) in [5.41, 5.74) is 7.56. The molecule has 1 fully saturated rings. The largest absolute Gasteiger partial charge is 0.472 e. The monoisotopic (exact) mass is 193 g/mol. The first-order chi connectivity index (χ1) is 6.74. The third kappa shape index (κ3) is 1.85. The Labute approximate surface area is 85.5 Å². The molecule has 2 N–H and O–H groups in total. The van der Waals surface area contributed by atoms with Crippen LogP contribution in [0.2, 0.25) is 0 Å². The summed E-state index contributed by atoms with van der Waals surface area (Å²) < 4.78 is 5.10. The smallest absolute Gasteiger partial charge is 0.0934 e. The molecule has 1 heterocycles. The quantitative estimate of drug-likeness (QED) is 0.801. The highest BCUT2D eigenvalue weighted by molar-refractivity contribution is 5.10. The highest BCUT2D eigenvalue weighted by atomic mass is 16.3. The van der Waals surface area contributed by atoms with E-state index in [1.54, 1.807) is 6.26 Å². The molecule has 1 aromatic heterocycles. The molecule has 0 spiro atoms. The summed E-state index contributed by atoms with van der Waals surface area (Å²) in [5.74, 6) is 0.838. The minimum Gasteiger partial charge on any atom is -0.472 e. The van der Waals surface area contributed by atoms with Crippen LogP contribution in [0.4, 0.5) is 0 Å². The minimum absolute atomic E-state index is 0.350. The summed E-state index contributed by atoms with van der Waals surface area (Å²) in [6, 6.07) is 2.06.